The second-order valence-electron chi connectivity index (χ2n) is 3.14. The van der Waals surface area contributed by atoms with Crippen LogP contribution in [0, 0.1) is 5.92 Å². The summed E-state index contributed by atoms with van der Waals surface area (Å²) in [6.45, 7) is 9.48. The van der Waals surface area contributed by atoms with E-state index in [1.54, 1.807) is 0 Å². The Bertz CT molecular complexity index is 50.7. The number of rotatable bonds is 3. The van der Waals surface area contributed by atoms with Gasteiger partial charge in [-0.05, 0) is 5.92 Å². The van der Waals surface area contributed by atoms with Gasteiger partial charge < -0.3 is 0 Å². The lowest BCUT2D eigenvalue weighted by molar-refractivity contribution is 0.620. The highest BCUT2D eigenvalue weighted by Gasteiger charge is 2.01. The van der Waals surface area contributed by atoms with Gasteiger partial charge in [-0.2, -0.15) is 0 Å². The zero-order valence-electron chi connectivity index (χ0n) is 6.57. The summed E-state index contributed by atoms with van der Waals surface area (Å²) in [6, 6.07) is 1.52. The Kier molecular flexibility index (Phi) is 15.4. The molecule has 0 fully saturated rings. The maximum absolute atomic E-state index is 2.42. The first-order valence-corrected chi connectivity index (χ1v) is 6.79. The molecule has 0 aliphatic heterocycles. The molecular weight excluding hydrogens is 136 g/mol. The number of hydrogen-bond donors (Lipinski definition) is 0. The van der Waals surface area contributed by atoms with Gasteiger partial charge in [0.15, 0.2) is 0 Å². The molecule has 0 aromatic heterocycles. The molecule has 0 aromatic rings. The van der Waals surface area contributed by atoms with Crippen molar-refractivity contribution in [1.29, 1.82) is 0 Å². The van der Waals surface area contributed by atoms with Crippen LogP contribution >= 0.6 is 0 Å². The Morgan fingerprint density at radius 1 is 1.20 bits per heavy atom. The maximum atomic E-state index is 2.42. The van der Waals surface area contributed by atoms with Gasteiger partial charge in [0.2, 0.25) is 0 Å². The number of hydrogen-bond acceptors (Lipinski definition) is 0. The molecule has 0 nitrogen and oxygen atoms in total. The van der Waals surface area contributed by atoms with E-state index in [9.17, 15) is 0 Å². The first-order valence-electron chi connectivity index (χ1n) is 3.66. The van der Waals surface area contributed by atoms with Gasteiger partial charge in [0.1, 0.15) is 0 Å². The smallest absolute Gasteiger partial charge is 0.0308 e. The minimum Gasteiger partial charge on any atom is -0.0776 e. The third-order valence-corrected chi connectivity index (χ3v) is 3.32. The van der Waals surface area contributed by atoms with Crippen molar-refractivity contribution in [2.45, 2.75) is 54.3 Å². The Hall–Kier alpha value is 0.217. The highest BCUT2D eigenvalue weighted by Crippen LogP contribution is 2.09. The molecule has 1 atom stereocenters. The van der Waals surface area contributed by atoms with Gasteiger partial charge in [-0.25, -0.2) is 0 Å². The fourth-order valence-corrected chi connectivity index (χ4v) is 2.91. The predicted molar refractivity (Wildman–Crippen MR) is 56.6 cm³/mol. The second kappa shape index (κ2) is 9.22. The van der Waals surface area contributed by atoms with E-state index in [4.69, 9.17) is 0 Å². The summed E-state index contributed by atoms with van der Waals surface area (Å²) >= 11 is 0. The average molecular weight is 162 g/mol. The quantitative estimate of drug-likeness (QED) is 0.554. The Morgan fingerprint density at radius 2 is 1.60 bits per heavy atom. The highest BCUT2D eigenvalue weighted by molar-refractivity contribution is 6.55. The largest absolute Gasteiger partial charge is 0.0776 e. The SMILES string of the molecule is C.C.CCC(C)C[SiH](C)C. The third kappa shape index (κ3) is 11.1. The minimum atomic E-state index is -0.246. The van der Waals surface area contributed by atoms with E-state index in [2.05, 4.69) is 26.9 Å². The molecule has 0 heterocycles. The molecule has 0 aliphatic rings. The summed E-state index contributed by atoms with van der Waals surface area (Å²) in [6.07, 6.45) is 1.37. The molecule has 10 heavy (non-hydrogen) atoms. The maximum Gasteiger partial charge on any atom is 0.0308 e. The van der Waals surface area contributed by atoms with Crippen molar-refractivity contribution in [2.75, 3.05) is 0 Å². The molecule has 1 unspecified atom stereocenters. The average Bonchev–Trinajstić information content (AvgIpc) is 1.65. The van der Waals surface area contributed by atoms with E-state index in [-0.39, 0.29) is 23.7 Å². The van der Waals surface area contributed by atoms with E-state index in [1.165, 1.54) is 12.5 Å². The van der Waals surface area contributed by atoms with Crippen LogP contribution in [-0.2, 0) is 0 Å². The molecule has 0 saturated carbocycles. The van der Waals surface area contributed by atoms with E-state index in [1.807, 2.05) is 0 Å². The minimum absolute atomic E-state index is 0. The van der Waals surface area contributed by atoms with E-state index in [0.29, 0.717) is 0 Å². The van der Waals surface area contributed by atoms with Crippen LogP contribution in [0.5, 0.6) is 0 Å². The van der Waals surface area contributed by atoms with Gasteiger partial charge in [0.05, 0.1) is 0 Å². The van der Waals surface area contributed by atoms with E-state index < -0.39 is 0 Å². The fraction of sp³-hybridized carbons (Fsp3) is 1.00. The molecule has 0 bridgehead atoms. The Morgan fingerprint density at radius 3 is 1.70 bits per heavy atom. The van der Waals surface area contributed by atoms with Crippen LogP contribution in [0.15, 0.2) is 0 Å². The molecule has 0 aliphatic carbocycles. The van der Waals surface area contributed by atoms with Gasteiger partial charge >= 0.3 is 0 Å². The summed E-state index contributed by atoms with van der Waals surface area (Å²) in [4.78, 5) is 0. The van der Waals surface area contributed by atoms with Gasteiger partial charge in [-0.1, -0.05) is 54.3 Å². The second-order valence-corrected chi connectivity index (χ2v) is 6.40. The van der Waals surface area contributed by atoms with Crippen LogP contribution < -0.4 is 0 Å². The molecule has 0 amide bonds. The van der Waals surface area contributed by atoms with Crippen LogP contribution in [-0.4, -0.2) is 8.80 Å². The van der Waals surface area contributed by atoms with Crippen LogP contribution in [0.4, 0.5) is 0 Å². The lowest BCUT2D eigenvalue weighted by Gasteiger charge is -2.08. The van der Waals surface area contributed by atoms with Crippen LogP contribution in [0.25, 0.3) is 0 Å². The zero-order valence-corrected chi connectivity index (χ0v) is 7.72. The summed E-state index contributed by atoms with van der Waals surface area (Å²) in [5, 5.41) is 0. The molecule has 66 valence electrons. The van der Waals surface area contributed by atoms with Crippen molar-refractivity contribution in [3.05, 3.63) is 0 Å². The molecule has 0 spiro atoms. The van der Waals surface area contributed by atoms with Gasteiger partial charge in [0, 0.05) is 8.80 Å². The van der Waals surface area contributed by atoms with Crippen molar-refractivity contribution < 1.29 is 0 Å². The molecule has 0 saturated heterocycles. The molecule has 0 aromatic carbocycles. The molecule has 0 rings (SSSR count). The van der Waals surface area contributed by atoms with Gasteiger partial charge in [-0.15, -0.1) is 0 Å². The molecule has 0 radical (unpaired) electrons. The molecular formula is C9H26Si. The van der Waals surface area contributed by atoms with Crippen LogP contribution in [0.1, 0.15) is 35.1 Å². The lowest BCUT2D eigenvalue weighted by Crippen LogP contribution is -2.05. The van der Waals surface area contributed by atoms with Gasteiger partial charge in [-0.3, -0.25) is 0 Å². The summed E-state index contributed by atoms with van der Waals surface area (Å²) < 4.78 is 0. The van der Waals surface area contributed by atoms with E-state index >= 15 is 0 Å². The lowest BCUT2D eigenvalue weighted by atomic mass is 10.2. The van der Waals surface area contributed by atoms with Crippen molar-refractivity contribution >= 4 is 8.80 Å². The monoisotopic (exact) mass is 162 g/mol. The summed E-state index contributed by atoms with van der Waals surface area (Å²) in [7, 11) is -0.246. The molecule has 0 N–H and O–H groups in total. The topological polar surface area (TPSA) is 0 Å². The molecule has 1 heteroatoms. The van der Waals surface area contributed by atoms with Crippen molar-refractivity contribution in [2.24, 2.45) is 5.92 Å². The predicted octanol–water partition coefficient (Wildman–Crippen LogP) is 3.79. The Labute approximate surface area is 69.6 Å². The van der Waals surface area contributed by atoms with Crippen molar-refractivity contribution in [3.63, 3.8) is 0 Å². The fourth-order valence-electron chi connectivity index (χ4n) is 0.971. The highest BCUT2D eigenvalue weighted by atomic mass is 28.3. The van der Waals surface area contributed by atoms with E-state index in [0.717, 1.165) is 5.92 Å². The Balaban J connectivity index is -0.000000245. The first-order chi connectivity index (χ1) is 3.66. The normalized spacial score (nSPS) is 11.7. The van der Waals surface area contributed by atoms with Gasteiger partial charge in [0.25, 0.3) is 0 Å². The van der Waals surface area contributed by atoms with Crippen molar-refractivity contribution in [3.8, 4) is 0 Å². The van der Waals surface area contributed by atoms with Crippen LogP contribution in [0.3, 0.4) is 0 Å². The standard InChI is InChI=1S/C7H18Si.2CH4/c1-5-7(2)6-8(3)4;;/h7-8H,5-6H2,1-4H3;2*1H4. The van der Waals surface area contributed by atoms with Crippen LogP contribution in [0.2, 0.25) is 19.1 Å². The third-order valence-electron chi connectivity index (χ3n) is 1.57. The van der Waals surface area contributed by atoms with Crippen molar-refractivity contribution in [1.82, 2.24) is 0 Å². The summed E-state index contributed by atoms with van der Waals surface area (Å²) in [5.41, 5.74) is 0. The first kappa shape index (κ1) is 16.7. The zero-order chi connectivity index (χ0) is 6.57. The summed E-state index contributed by atoms with van der Waals surface area (Å²) in [5.74, 6) is 0.988.